The van der Waals surface area contributed by atoms with Crippen LogP contribution < -0.4 is 20.1 Å². The van der Waals surface area contributed by atoms with Gasteiger partial charge in [0.05, 0.1) is 0 Å². The third kappa shape index (κ3) is 4.54. The van der Waals surface area contributed by atoms with Crippen molar-refractivity contribution in [3.63, 3.8) is 0 Å². The van der Waals surface area contributed by atoms with Crippen molar-refractivity contribution in [1.29, 1.82) is 0 Å². The molecular weight excluding hydrogens is 276 g/mol. The van der Waals surface area contributed by atoms with Crippen molar-refractivity contribution in [3.05, 3.63) is 18.2 Å². The molecule has 2 rings (SSSR count). The van der Waals surface area contributed by atoms with Gasteiger partial charge in [-0.1, -0.05) is 0 Å². The molecule has 1 heterocycles. The fourth-order valence-corrected chi connectivity index (χ4v) is 2.04. The average molecular weight is 296 g/mol. The summed E-state index contributed by atoms with van der Waals surface area (Å²) < 4.78 is 16.3. The molecule has 0 fully saturated rings. The summed E-state index contributed by atoms with van der Waals surface area (Å²) in [5.41, 5.74) is 0.886. The Hall–Kier alpha value is -1.53. The number of rotatable bonds is 6. The van der Waals surface area contributed by atoms with Gasteiger partial charge in [0.15, 0.2) is 16.6 Å². The zero-order chi connectivity index (χ0) is 14.2. The molecule has 0 radical (unpaired) electrons. The van der Waals surface area contributed by atoms with E-state index in [1.807, 2.05) is 25.1 Å². The van der Waals surface area contributed by atoms with Crippen LogP contribution >= 0.6 is 12.2 Å². The lowest BCUT2D eigenvalue weighted by Crippen LogP contribution is -2.29. The minimum Gasteiger partial charge on any atom is -0.486 e. The molecule has 1 aromatic carbocycles. The van der Waals surface area contributed by atoms with E-state index in [4.69, 9.17) is 26.4 Å². The van der Waals surface area contributed by atoms with Gasteiger partial charge < -0.3 is 24.8 Å². The minimum atomic E-state index is 0.580. The Kier molecular flexibility index (Phi) is 5.88. The quantitative estimate of drug-likeness (QED) is 0.620. The second-order valence-electron chi connectivity index (χ2n) is 4.29. The molecule has 0 spiro atoms. The summed E-state index contributed by atoms with van der Waals surface area (Å²) in [6.45, 7) is 5.45. The fraction of sp³-hybridized carbons (Fsp3) is 0.500. The van der Waals surface area contributed by atoms with E-state index in [2.05, 4.69) is 10.6 Å². The van der Waals surface area contributed by atoms with Crippen molar-refractivity contribution in [2.45, 2.75) is 13.3 Å². The van der Waals surface area contributed by atoms with Crippen LogP contribution in [0.3, 0.4) is 0 Å². The van der Waals surface area contributed by atoms with Crippen LogP contribution in [0.4, 0.5) is 5.69 Å². The molecule has 20 heavy (non-hydrogen) atoms. The van der Waals surface area contributed by atoms with Crippen molar-refractivity contribution >= 4 is 23.0 Å². The maximum atomic E-state index is 5.53. The number of hydrogen-bond donors (Lipinski definition) is 2. The third-order valence-corrected chi connectivity index (χ3v) is 3.00. The molecule has 2 N–H and O–H groups in total. The fourth-order valence-electron chi connectivity index (χ4n) is 1.82. The van der Waals surface area contributed by atoms with Gasteiger partial charge in [-0.05, 0) is 37.7 Å². The normalized spacial score (nSPS) is 12.8. The van der Waals surface area contributed by atoms with Gasteiger partial charge in [-0.2, -0.15) is 0 Å². The smallest absolute Gasteiger partial charge is 0.170 e. The Morgan fingerprint density at radius 2 is 2.10 bits per heavy atom. The van der Waals surface area contributed by atoms with Crippen LogP contribution in [-0.4, -0.2) is 38.1 Å². The van der Waals surface area contributed by atoms with Crippen molar-refractivity contribution in [2.24, 2.45) is 0 Å². The second-order valence-corrected chi connectivity index (χ2v) is 4.70. The number of hydrogen-bond acceptors (Lipinski definition) is 4. The number of thiocarbonyl (C=S) groups is 1. The molecule has 1 aliphatic heterocycles. The number of anilines is 1. The Morgan fingerprint density at radius 1 is 1.30 bits per heavy atom. The van der Waals surface area contributed by atoms with Gasteiger partial charge in [-0.15, -0.1) is 0 Å². The molecule has 0 saturated carbocycles. The molecule has 0 atom stereocenters. The summed E-state index contributed by atoms with van der Waals surface area (Å²) in [5.74, 6) is 1.53. The number of nitrogens with one attached hydrogen (secondary N) is 2. The predicted octanol–water partition coefficient (Wildman–Crippen LogP) is 2.17. The van der Waals surface area contributed by atoms with Crippen LogP contribution in [0.15, 0.2) is 18.2 Å². The molecule has 110 valence electrons. The van der Waals surface area contributed by atoms with Crippen LogP contribution in [0, 0.1) is 0 Å². The molecule has 1 aliphatic rings. The zero-order valence-electron chi connectivity index (χ0n) is 11.6. The first-order valence-corrected chi connectivity index (χ1v) is 7.22. The molecular formula is C14H20N2O3S. The SMILES string of the molecule is CCOCCCNC(=S)Nc1ccc2c(c1)OCCO2. The van der Waals surface area contributed by atoms with Crippen LogP contribution in [-0.2, 0) is 4.74 Å². The van der Waals surface area contributed by atoms with Crippen LogP contribution in [0.25, 0.3) is 0 Å². The van der Waals surface area contributed by atoms with Gasteiger partial charge in [0.2, 0.25) is 0 Å². The highest BCUT2D eigenvalue weighted by Gasteiger charge is 2.11. The highest BCUT2D eigenvalue weighted by molar-refractivity contribution is 7.80. The Morgan fingerprint density at radius 3 is 2.90 bits per heavy atom. The highest BCUT2D eigenvalue weighted by Crippen LogP contribution is 2.32. The zero-order valence-corrected chi connectivity index (χ0v) is 12.4. The number of ether oxygens (including phenoxy) is 3. The maximum Gasteiger partial charge on any atom is 0.170 e. The Bertz CT molecular complexity index is 454. The van der Waals surface area contributed by atoms with Crippen molar-refractivity contribution in [3.8, 4) is 11.5 Å². The monoisotopic (exact) mass is 296 g/mol. The molecule has 1 aromatic rings. The first kappa shape index (κ1) is 14.9. The van der Waals surface area contributed by atoms with E-state index < -0.39 is 0 Å². The van der Waals surface area contributed by atoms with Gasteiger partial charge >= 0.3 is 0 Å². The van der Waals surface area contributed by atoms with Gasteiger partial charge in [-0.3, -0.25) is 0 Å². The van der Waals surface area contributed by atoms with Crippen molar-refractivity contribution in [1.82, 2.24) is 5.32 Å². The molecule has 0 unspecified atom stereocenters. The van der Waals surface area contributed by atoms with Crippen molar-refractivity contribution in [2.75, 3.05) is 38.3 Å². The highest BCUT2D eigenvalue weighted by atomic mass is 32.1. The topological polar surface area (TPSA) is 51.8 Å². The van der Waals surface area contributed by atoms with Crippen LogP contribution in [0.1, 0.15) is 13.3 Å². The van der Waals surface area contributed by atoms with E-state index >= 15 is 0 Å². The lowest BCUT2D eigenvalue weighted by atomic mass is 10.2. The van der Waals surface area contributed by atoms with Gasteiger partial charge in [0, 0.05) is 31.5 Å². The molecule has 5 nitrogen and oxygen atoms in total. The maximum absolute atomic E-state index is 5.53. The number of benzene rings is 1. The van der Waals surface area contributed by atoms with Crippen LogP contribution in [0.2, 0.25) is 0 Å². The van der Waals surface area contributed by atoms with E-state index in [0.717, 1.165) is 43.4 Å². The summed E-state index contributed by atoms with van der Waals surface area (Å²) in [6.07, 6.45) is 0.927. The molecule has 0 bridgehead atoms. The molecule has 0 aromatic heterocycles. The van der Waals surface area contributed by atoms with E-state index in [9.17, 15) is 0 Å². The van der Waals surface area contributed by atoms with E-state index in [0.29, 0.717) is 18.3 Å². The predicted molar refractivity (Wildman–Crippen MR) is 82.8 cm³/mol. The Balaban J connectivity index is 1.76. The molecule has 0 amide bonds. The largest absolute Gasteiger partial charge is 0.486 e. The summed E-state index contributed by atoms with van der Waals surface area (Å²) in [5, 5.41) is 6.86. The van der Waals surface area contributed by atoms with Crippen LogP contribution in [0.5, 0.6) is 11.5 Å². The van der Waals surface area contributed by atoms with E-state index in [1.165, 1.54) is 0 Å². The third-order valence-electron chi connectivity index (χ3n) is 2.76. The Labute approximate surface area is 124 Å². The van der Waals surface area contributed by atoms with Gasteiger partial charge in [0.1, 0.15) is 13.2 Å². The first-order valence-electron chi connectivity index (χ1n) is 6.82. The summed E-state index contributed by atoms with van der Waals surface area (Å²) in [7, 11) is 0. The lowest BCUT2D eigenvalue weighted by Gasteiger charge is -2.19. The summed E-state index contributed by atoms with van der Waals surface area (Å²) >= 11 is 5.23. The first-order chi connectivity index (χ1) is 9.79. The van der Waals surface area contributed by atoms with Crippen molar-refractivity contribution < 1.29 is 14.2 Å². The van der Waals surface area contributed by atoms with E-state index in [1.54, 1.807) is 0 Å². The lowest BCUT2D eigenvalue weighted by molar-refractivity contribution is 0.146. The minimum absolute atomic E-state index is 0.580. The molecule has 0 aliphatic carbocycles. The molecule has 6 heteroatoms. The molecule has 0 saturated heterocycles. The van der Waals surface area contributed by atoms with E-state index in [-0.39, 0.29) is 0 Å². The van der Waals surface area contributed by atoms with Gasteiger partial charge in [-0.25, -0.2) is 0 Å². The second kappa shape index (κ2) is 7.91. The summed E-state index contributed by atoms with van der Waals surface area (Å²) in [6, 6.07) is 5.69. The van der Waals surface area contributed by atoms with Gasteiger partial charge in [0.25, 0.3) is 0 Å². The standard InChI is InChI=1S/C14H20N2O3S/c1-2-17-7-3-6-15-14(20)16-11-4-5-12-13(10-11)19-9-8-18-12/h4-5,10H,2-3,6-9H2,1H3,(H2,15,16,20). The number of fused-ring (bicyclic) bond motifs is 1. The average Bonchev–Trinajstić information content (AvgIpc) is 2.47. The summed E-state index contributed by atoms with van der Waals surface area (Å²) in [4.78, 5) is 0.